The molecule has 66 heavy (non-hydrogen) atoms. The highest BCUT2D eigenvalue weighted by molar-refractivity contribution is 5.71. The predicted octanol–water partition coefficient (Wildman–Crippen LogP) is 16.4. The fourth-order valence-corrected chi connectivity index (χ4v) is 5.43. The molecule has 6 heteroatoms. The molecule has 0 aliphatic rings. The van der Waals surface area contributed by atoms with Gasteiger partial charge in [0.1, 0.15) is 13.2 Å². The predicted molar refractivity (Wildman–Crippen MR) is 283 cm³/mol. The fourth-order valence-electron chi connectivity index (χ4n) is 5.43. The molecule has 0 radical (unpaired) electrons. The molecule has 0 saturated carbocycles. The number of carbonyl (C=O) groups excluding carboxylic acids is 3. The topological polar surface area (TPSA) is 78.9 Å². The summed E-state index contributed by atoms with van der Waals surface area (Å²) in [5.41, 5.74) is 0. The molecule has 6 nitrogen and oxygen atoms in total. The lowest BCUT2D eigenvalue weighted by Crippen LogP contribution is -2.30. The van der Waals surface area contributed by atoms with Gasteiger partial charge in [0.25, 0.3) is 0 Å². The Hall–Kier alpha value is -5.75. The van der Waals surface area contributed by atoms with Gasteiger partial charge in [0, 0.05) is 19.3 Å². The van der Waals surface area contributed by atoms with E-state index in [4.69, 9.17) is 14.2 Å². The molecule has 0 spiro atoms. The van der Waals surface area contributed by atoms with Crippen molar-refractivity contribution in [2.45, 2.75) is 149 Å². The van der Waals surface area contributed by atoms with Crippen LogP contribution >= 0.6 is 0 Å². The molecule has 0 aromatic rings. The minimum atomic E-state index is -0.889. The van der Waals surface area contributed by atoms with Crippen LogP contribution in [0.1, 0.15) is 143 Å². The second-order valence-electron chi connectivity index (χ2n) is 15.0. The molecule has 0 bridgehead atoms. The van der Waals surface area contributed by atoms with Gasteiger partial charge in [-0.3, -0.25) is 14.4 Å². The summed E-state index contributed by atoms with van der Waals surface area (Å²) in [6.45, 7) is 6.02. The van der Waals surface area contributed by atoms with Crippen LogP contribution in [0.4, 0.5) is 0 Å². The van der Waals surface area contributed by atoms with Gasteiger partial charge in [-0.1, -0.05) is 215 Å². The van der Waals surface area contributed by atoms with E-state index in [-0.39, 0.29) is 32.5 Å². The first-order valence-corrected chi connectivity index (χ1v) is 24.5. The molecule has 0 N–H and O–H groups in total. The van der Waals surface area contributed by atoms with E-state index in [0.29, 0.717) is 25.7 Å². The van der Waals surface area contributed by atoms with Crippen molar-refractivity contribution in [2.24, 2.45) is 0 Å². The Kier molecular flexibility index (Phi) is 47.4. The summed E-state index contributed by atoms with van der Waals surface area (Å²) < 4.78 is 16.5. The van der Waals surface area contributed by atoms with E-state index in [1.165, 1.54) is 0 Å². The van der Waals surface area contributed by atoms with Crippen LogP contribution in [-0.2, 0) is 28.6 Å². The average molecular weight is 901 g/mol. The van der Waals surface area contributed by atoms with Crippen molar-refractivity contribution in [1.82, 2.24) is 0 Å². The highest BCUT2D eigenvalue weighted by atomic mass is 16.6. The van der Waals surface area contributed by atoms with Crippen molar-refractivity contribution in [3.8, 4) is 0 Å². The Morgan fingerprint density at radius 1 is 0.318 bits per heavy atom. The van der Waals surface area contributed by atoms with Crippen molar-refractivity contribution in [1.29, 1.82) is 0 Å². The highest BCUT2D eigenvalue weighted by Crippen LogP contribution is 2.07. The van der Waals surface area contributed by atoms with Gasteiger partial charge in [-0.2, -0.15) is 0 Å². The van der Waals surface area contributed by atoms with Gasteiger partial charge >= 0.3 is 17.9 Å². The lowest BCUT2D eigenvalue weighted by Gasteiger charge is -2.18. The van der Waals surface area contributed by atoms with Gasteiger partial charge in [-0.05, 0) is 103 Å². The molecule has 1 unspecified atom stereocenters. The number of carbonyl (C=O) groups is 3. The van der Waals surface area contributed by atoms with Gasteiger partial charge in [0.05, 0.1) is 0 Å². The number of allylic oxidation sites excluding steroid dienone is 32. The smallest absolute Gasteiger partial charge is 0.306 e. The molecule has 0 aromatic carbocycles. The Morgan fingerprint density at radius 3 is 1.00 bits per heavy atom. The fraction of sp³-hybridized carbons (Fsp3) is 0.417. The first kappa shape index (κ1) is 60.2. The molecular formula is C60H84O6. The van der Waals surface area contributed by atoms with Crippen molar-refractivity contribution < 1.29 is 28.6 Å². The second-order valence-corrected chi connectivity index (χ2v) is 15.0. The van der Waals surface area contributed by atoms with Gasteiger partial charge in [0.15, 0.2) is 6.10 Å². The lowest BCUT2D eigenvalue weighted by atomic mass is 10.2. The molecular weight excluding hydrogens is 817 g/mol. The first-order valence-electron chi connectivity index (χ1n) is 24.5. The zero-order chi connectivity index (χ0) is 47.9. The van der Waals surface area contributed by atoms with E-state index < -0.39 is 24.0 Å². The normalized spacial score (nSPS) is 13.8. The van der Waals surface area contributed by atoms with E-state index in [1.807, 2.05) is 79.0 Å². The second kappa shape index (κ2) is 51.9. The summed E-state index contributed by atoms with van der Waals surface area (Å²) in [5, 5.41) is 0. The number of rotatable bonds is 40. The zero-order valence-corrected chi connectivity index (χ0v) is 40.9. The van der Waals surface area contributed by atoms with Crippen molar-refractivity contribution in [2.75, 3.05) is 13.2 Å². The van der Waals surface area contributed by atoms with Gasteiger partial charge in [-0.25, -0.2) is 0 Å². The SMILES string of the molecule is CC/C=C/C=C/C=C/C=C/C=C/CCCC(=O)OCC(COC(=O)CC/C=C/C/C=C/C/C=C/C/C=C/C/C=C/C/C=C/CC)OC(=O)CC/C=C/C/C=C/C/C=C/C/C=C/C/C=C/CC. The summed E-state index contributed by atoms with van der Waals surface area (Å²) in [5.74, 6) is -1.24. The Balaban J connectivity index is 4.76. The summed E-state index contributed by atoms with van der Waals surface area (Å²) in [6.07, 6.45) is 80.2. The van der Waals surface area contributed by atoms with Crippen LogP contribution in [0.5, 0.6) is 0 Å². The molecule has 0 fully saturated rings. The molecule has 1 atom stereocenters. The number of hydrogen-bond acceptors (Lipinski definition) is 6. The number of hydrogen-bond donors (Lipinski definition) is 0. The summed E-state index contributed by atoms with van der Waals surface area (Å²) in [7, 11) is 0. The third-order valence-corrected chi connectivity index (χ3v) is 8.98. The molecule has 0 amide bonds. The molecule has 0 heterocycles. The van der Waals surface area contributed by atoms with Crippen LogP contribution in [0.15, 0.2) is 194 Å². The highest BCUT2D eigenvalue weighted by Gasteiger charge is 2.19. The van der Waals surface area contributed by atoms with Crippen LogP contribution in [0, 0.1) is 0 Å². The largest absolute Gasteiger partial charge is 0.462 e. The maximum atomic E-state index is 12.7. The Labute approximate surface area is 401 Å². The van der Waals surface area contributed by atoms with Crippen LogP contribution in [0.2, 0.25) is 0 Å². The van der Waals surface area contributed by atoms with Gasteiger partial charge < -0.3 is 14.2 Å². The molecule has 0 aliphatic carbocycles. The quantitative estimate of drug-likeness (QED) is 0.0200. The maximum absolute atomic E-state index is 12.7. The third kappa shape index (κ3) is 49.3. The Morgan fingerprint density at radius 2 is 0.621 bits per heavy atom. The van der Waals surface area contributed by atoms with Crippen molar-refractivity contribution >= 4 is 17.9 Å². The standard InChI is InChI=1S/C60H84O6/c1-4-7-10-13-16-19-22-25-27-29-30-31-33-35-38-41-44-47-50-53-59(62)65-56-57(55-64-58(61)52-49-46-43-40-37-34-24-21-18-15-12-9-6-3)66-60(63)54-51-48-45-42-39-36-32-28-26-23-20-17-14-11-8-5-2/h7-12,15-21,24-28,30-31,34-40,43-45,47-48,57H,4-6,13-14,22-23,29,32-33,41-42,46,49-56H2,1-3H3/b10-7+,11-8+,12-9+,18-15+,19-16+,20-17+,24-21+,27-25+,28-26+,31-30+,37-34+,38-35+,39-36+,43-40+,47-44+,48-45+. The maximum Gasteiger partial charge on any atom is 0.306 e. The van der Waals surface area contributed by atoms with Crippen LogP contribution in [0.3, 0.4) is 0 Å². The van der Waals surface area contributed by atoms with Gasteiger partial charge in [-0.15, -0.1) is 0 Å². The summed E-state index contributed by atoms with van der Waals surface area (Å²) in [4.78, 5) is 37.8. The van der Waals surface area contributed by atoms with Crippen molar-refractivity contribution in [3.05, 3.63) is 194 Å². The molecule has 0 aliphatic heterocycles. The first-order chi connectivity index (χ1) is 32.5. The Bertz CT molecular complexity index is 1690. The minimum Gasteiger partial charge on any atom is -0.462 e. The number of esters is 3. The zero-order valence-electron chi connectivity index (χ0n) is 40.9. The van der Waals surface area contributed by atoms with E-state index in [1.54, 1.807) is 0 Å². The summed E-state index contributed by atoms with van der Waals surface area (Å²) >= 11 is 0. The van der Waals surface area contributed by atoms with Crippen LogP contribution < -0.4 is 0 Å². The number of unbranched alkanes of at least 4 members (excludes halogenated alkanes) is 1. The third-order valence-electron chi connectivity index (χ3n) is 8.98. The lowest BCUT2D eigenvalue weighted by molar-refractivity contribution is -0.166. The monoisotopic (exact) mass is 901 g/mol. The molecule has 0 rings (SSSR count). The van der Waals surface area contributed by atoms with Crippen LogP contribution in [-0.4, -0.2) is 37.2 Å². The molecule has 0 aromatic heterocycles. The average Bonchev–Trinajstić information content (AvgIpc) is 3.31. The van der Waals surface area contributed by atoms with Crippen molar-refractivity contribution in [3.63, 3.8) is 0 Å². The van der Waals surface area contributed by atoms with E-state index >= 15 is 0 Å². The van der Waals surface area contributed by atoms with E-state index in [9.17, 15) is 14.4 Å². The molecule has 0 saturated heterocycles. The van der Waals surface area contributed by atoms with Crippen LogP contribution in [0.25, 0.3) is 0 Å². The van der Waals surface area contributed by atoms with E-state index in [2.05, 4.69) is 136 Å². The minimum absolute atomic E-state index is 0.162. The van der Waals surface area contributed by atoms with Gasteiger partial charge in [0.2, 0.25) is 0 Å². The van der Waals surface area contributed by atoms with E-state index in [0.717, 1.165) is 77.0 Å². The number of ether oxygens (including phenoxy) is 3. The molecule has 360 valence electrons. The summed E-state index contributed by atoms with van der Waals surface area (Å²) in [6, 6.07) is 0.